The number of imide groups is 1. The van der Waals surface area contributed by atoms with Gasteiger partial charge in [0.2, 0.25) is 11.8 Å². The minimum Gasteiger partial charge on any atom is -0.397 e. The van der Waals surface area contributed by atoms with Gasteiger partial charge in [-0.2, -0.15) is 5.10 Å². The SMILES string of the molecule is Cn1cc(/C(N)=C/N(N)c2ccc3c(c2)CN(C2CCC(=O)NC2=O)C3=O)c(C2CCNCC2)n1. The van der Waals surface area contributed by atoms with Crippen LogP contribution in [-0.4, -0.2) is 51.5 Å². The Morgan fingerprint density at radius 1 is 1.20 bits per heavy atom. The maximum absolute atomic E-state index is 12.9. The molecule has 11 nitrogen and oxygen atoms in total. The van der Waals surface area contributed by atoms with Crippen molar-refractivity contribution in [3.05, 3.63) is 53.0 Å². The second kappa shape index (κ2) is 9.16. The van der Waals surface area contributed by atoms with E-state index in [0.717, 1.165) is 42.8 Å². The van der Waals surface area contributed by atoms with Gasteiger partial charge >= 0.3 is 0 Å². The van der Waals surface area contributed by atoms with Crippen LogP contribution in [-0.2, 0) is 23.2 Å². The van der Waals surface area contributed by atoms with Gasteiger partial charge in [-0.25, -0.2) is 5.84 Å². The number of benzene rings is 1. The molecule has 184 valence electrons. The van der Waals surface area contributed by atoms with Crippen molar-refractivity contribution in [2.24, 2.45) is 18.6 Å². The summed E-state index contributed by atoms with van der Waals surface area (Å²) >= 11 is 0. The van der Waals surface area contributed by atoms with Crippen molar-refractivity contribution in [3.8, 4) is 0 Å². The second-order valence-electron chi connectivity index (χ2n) is 9.36. The van der Waals surface area contributed by atoms with Gasteiger partial charge in [0.25, 0.3) is 5.91 Å². The van der Waals surface area contributed by atoms with Crippen molar-refractivity contribution >= 4 is 29.1 Å². The number of anilines is 1. The van der Waals surface area contributed by atoms with E-state index in [1.807, 2.05) is 19.3 Å². The molecule has 3 amide bonds. The highest BCUT2D eigenvalue weighted by atomic mass is 16.2. The second-order valence-corrected chi connectivity index (χ2v) is 9.36. The van der Waals surface area contributed by atoms with Crippen molar-refractivity contribution < 1.29 is 14.4 Å². The van der Waals surface area contributed by atoms with Crippen molar-refractivity contribution in [1.29, 1.82) is 0 Å². The molecule has 2 saturated heterocycles. The fraction of sp³-hybridized carbons (Fsp3) is 0.417. The average Bonchev–Trinajstić information content (AvgIpc) is 3.39. The maximum Gasteiger partial charge on any atom is 0.255 e. The molecule has 3 aliphatic heterocycles. The number of carbonyl (C=O) groups excluding carboxylic acids is 3. The van der Waals surface area contributed by atoms with Crippen LogP contribution in [0.3, 0.4) is 0 Å². The molecule has 5 rings (SSSR count). The standard InChI is InChI=1S/C24H30N8O3/c1-30-12-18(22(29-30)14-6-8-27-9-7-14)19(25)13-32(26)16-2-3-17-15(10-16)11-31(24(17)35)20-4-5-21(33)28-23(20)34/h2-3,10,12-14,20,27H,4-9,11,25-26H2,1H3,(H,28,33,34)/b19-13-. The van der Waals surface area contributed by atoms with E-state index in [9.17, 15) is 14.4 Å². The zero-order valence-corrected chi connectivity index (χ0v) is 19.7. The summed E-state index contributed by atoms with van der Waals surface area (Å²) in [6.07, 6.45) is 6.13. The smallest absolute Gasteiger partial charge is 0.255 e. The number of carbonyl (C=O) groups is 3. The molecule has 1 atom stereocenters. The predicted molar refractivity (Wildman–Crippen MR) is 129 cm³/mol. The highest BCUT2D eigenvalue weighted by molar-refractivity contribution is 6.05. The fourth-order valence-electron chi connectivity index (χ4n) is 5.14. The number of aryl methyl sites for hydroxylation is 1. The molecule has 0 spiro atoms. The monoisotopic (exact) mass is 478 g/mol. The fourth-order valence-corrected chi connectivity index (χ4v) is 5.14. The molecule has 35 heavy (non-hydrogen) atoms. The first-order valence-electron chi connectivity index (χ1n) is 11.8. The Bertz CT molecular complexity index is 1210. The van der Waals surface area contributed by atoms with Crippen molar-refractivity contribution in [3.63, 3.8) is 0 Å². The summed E-state index contributed by atoms with van der Waals surface area (Å²) in [5.74, 6) is 5.74. The van der Waals surface area contributed by atoms with Crippen LogP contribution in [0.1, 0.15) is 58.8 Å². The molecule has 6 N–H and O–H groups in total. The molecular formula is C24H30N8O3. The van der Waals surface area contributed by atoms with Gasteiger partial charge in [0.15, 0.2) is 0 Å². The summed E-state index contributed by atoms with van der Waals surface area (Å²) in [7, 11) is 1.88. The van der Waals surface area contributed by atoms with Crippen LogP contribution in [0.5, 0.6) is 0 Å². The number of nitrogens with zero attached hydrogens (tertiary/aromatic N) is 4. The Kier molecular flexibility index (Phi) is 6.03. The Morgan fingerprint density at radius 2 is 1.97 bits per heavy atom. The lowest BCUT2D eigenvalue weighted by molar-refractivity contribution is -0.136. The number of nitrogens with two attached hydrogens (primary N) is 2. The van der Waals surface area contributed by atoms with E-state index in [-0.39, 0.29) is 24.8 Å². The van der Waals surface area contributed by atoms with Gasteiger partial charge in [-0.15, -0.1) is 0 Å². The largest absolute Gasteiger partial charge is 0.397 e. The molecule has 0 saturated carbocycles. The summed E-state index contributed by atoms with van der Waals surface area (Å²) in [6, 6.07) is 4.65. The number of aromatic nitrogens is 2. The molecule has 0 aliphatic carbocycles. The first-order valence-corrected chi connectivity index (χ1v) is 11.8. The number of hydrazine groups is 1. The minimum atomic E-state index is -0.653. The van der Waals surface area contributed by atoms with Gasteiger partial charge in [0.1, 0.15) is 6.04 Å². The zero-order chi connectivity index (χ0) is 24.7. The van der Waals surface area contributed by atoms with E-state index in [1.54, 1.807) is 23.0 Å². The molecule has 1 aromatic heterocycles. The quantitative estimate of drug-likeness (QED) is 0.272. The molecule has 4 heterocycles. The lowest BCUT2D eigenvalue weighted by atomic mass is 9.92. The first-order chi connectivity index (χ1) is 16.8. The van der Waals surface area contributed by atoms with Gasteiger partial charge in [0.05, 0.1) is 17.1 Å². The number of hydrogen-bond donors (Lipinski definition) is 4. The minimum absolute atomic E-state index is 0.218. The summed E-state index contributed by atoms with van der Waals surface area (Å²) in [6.45, 7) is 2.19. The third kappa shape index (κ3) is 4.40. The number of nitrogens with one attached hydrogen (secondary N) is 2. The zero-order valence-electron chi connectivity index (χ0n) is 19.7. The third-order valence-electron chi connectivity index (χ3n) is 6.98. The van der Waals surface area contributed by atoms with Crippen LogP contribution in [0.2, 0.25) is 0 Å². The van der Waals surface area contributed by atoms with Crippen molar-refractivity contribution in [2.75, 3.05) is 18.1 Å². The van der Waals surface area contributed by atoms with Crippen LogP contribution < -0.4 is 27.2 Å². The maximum atomic E-state index is 12.9. The van der Waals surface area contributed by atoms with Crippen LogP contribution in [0.15, 0.2) is 30.6 Å². The lowest BCUT2D eigenvalue weighted by Gasteiger charge is -2.29. The average molecular weight is 479 g/mol. The Morgan fingerprint density at radius 3 is 2.71 bits per heavy atom. The van der Waals surface area contributed by atoms with Crippen LogP contribution >= 0.6 is 0 Å². The van der Waals surface area contributed by atoms with Crippen molar-refractivity contribution in [2.45, 2.75) is 44.2 Å². The van der Waals surface area contributed by atoms with Gasteiger partial charge in [0, 0.05) is 49.5 Å². The van der Waals surface area contributed by atoms with E-state index in [4.69, 9.17) is 11.6 Å². The van der Waals surface area contributed by atoms with Gasteiger partial charge < -0.3 is 16.0 Å². The Hall–Kier alpha value is -3.70. The van der Waals surface area contributed by atoms with E-state index in [1.165, 1.54) is 9.91 Å². The number of piperidine rings is 2. The van der Waals surface area contributed by atoms with Gasteiger partial charge in [-0.1, -0.05) is 0 Å². The number of rotatable bonds is 5. The molecule has 1 aromatic carbocycles. The first kappa shape index (κ1) is 23.1. The molecule has 2 fully saturated rings. The predicted octanol–water partition coefficient (Wildman–Crippen LogP) is 0.286. The summed E-state index contributed by atoms with van der Waals surface area (Å²) < 4.78 is 1.78. The molecular weight excluding hydrogens is 448 g/mol. The highest BCUT2D eigenvalue weighted by Gasteiger charge is 2.39. The Balaban J connectivity index is 1.35. The number of fused-ring (bicyclic) bond motifs is 1. The molecule has 11 heteroatoms. The molecule has 0 radical (unpaired) electrons. The molecule has 2 aromatic rings. The van der Waals surface area contributed by atoms with E-state index >= 15 is 0 Å². The van der Waals surface area contributed by atoms with Crippen LogP contribution in [0.25, 0.3) is 5.70 Å². The van der Waals surface area contributed by atoms with Crippen LogP contribution in [0.4, 0.5) is 5.69 Å². The van der Waals surface area contributed by atoms with Gasteiger partial charge in [-0.05, 0) is 56.1 Å². The lowest BCUT2D eigenvalue weighted by Crippen LogP contribution is -2.52. The third-order valence-corrected chi connectivity index (χ3v) is 6.98. The highest BCUT2D eigenvalue weighted by Crippen LogP contribution is 2.32. The van der Waals surface area contributed by atoms with Crippen LogP contribution in [0, 0.1) is 0 Å². The van der Waals surface area contributed by atoms with Crippen molar-refractivity contribution in [1.82, 2.24) is 25.3 Å². The summed E-state index contributed by atoms with van der Waals surface area (Å²) in [5, 5.41) is 11.8. The topological polar surface area (TPSA) is 152 Å². The van der Waals surface area contributed by atoms with E-state index in [2.05, 4.69) is 15.7 Å². The van der Waals surface area contributed by atoms with Gasteiger partial charge in [-0.3, -0.25) is 29.4 Å². The van der Waals surface area contributed by atoms with E-state index < -0.39 is 11.9 Å². The summed E-state index contributed by atoms with van der Waals surface area (Å²) in [5.41, 5.74) is 10.8. The normalized spacial score (nSPS) is 21.3. The summed E-state index contributed by atoms with van der Waals surface area (Å²) in [4.78, 5) is 38.2. The molecule has 1 unspecified atom stereocenters. The van der Waals surface area contributed by atoms with E-state index in [0.29, 0.717) is 29.3 Å². The molecule has 0 bridgehead atoms. The number of amides is 3. The molecule has 3 aliphatic rings. The number of hydrogen-bond acceptors (Lipinski definition) is 8. The Labute approximate surface area is 203 Å².